The van der Waals surface area contributed by atoms with E-state index in [1.165, 1.54) is 0 Å². The van der Waals surface area contributed by atoms with E-state index in [2.05, 4.69) is 22.4 Å². The number of benzene rings is 1. The van der Waals surface area contributed by atoms with Crippen LogP contribution in [0.1, 0.15) is 17.5 Å². The Morgan fingerprint density at radius 1 is 1.22 bits per heavy atom. The van der Waals surface area contributed by atoms with Crippen LogP contribution < -0.4 is 0 Å². The standard InChI is InChI=1S/C17H18N2O3S/c20-17-14(6-8-22-17)19-7-9-21-15(10-19)16-18-13(11-23-16)12-4-2-1-3-5-12/h1-5,11,14-15H,6-10H2/t14-,15+/m0/s1. The van der Waals surface area contributed by atoms with Crippen LogP contribution in [-0.2, 0) is 14.3 Å². The van der Waals surface area contributed by atoms with Gasteiger partial charge in [-0.15, -0.1) is 11.3 Å². The Morgan fingerprint density at radius 3 is 2.87 bits per heavy atom. The number of carbonyl (C=O) groups is 1. The average molecular weight is 330 g/mol. The lowest BCUT2D eigenvalue weighted by atomic mass is 10.1. The summed E-state index contributed by atoms with van der Waals surface area (Å²) in [6, 6.07) is 10.0. The van der Waals surface area contributed by atoms with Crippen LogP contribution in [0, 0.1) is 0 Å². The van der Waals surface area contributed by atoms with Gasteiger partial charge in [-0.2, -0.15) is 0 Å². The molecule has 2 saturated heterocycles. The van der Waals surface area contributed by atoms with E-state index in [4.69, 9.17) is 14.5 Å². The summed E-state index contributed by atoms with van der Waals surface area (Å²) < 4.78 is 11.0. The van der Waals surface area contributed by atoms with Crippen LogP contribution in [0.2, 0.25) is 0 Å². The fraction of sp³-hybridized carbons (Fsp3) is 0.412. The zero-order chi connectivity index (χ0) is 15.6. The van der Waals surface area contributed by atoms with Crippen molar-refractivity contribution < 1.29 is 14.3 Å². The number of aromatic nitrogens is 1. The Hall–Kier alpha value is -1.76. The lowest BCUT2D eigenvalue weighted by molar-refractivity contribution is -0.144. The predicted molar refractivity (Wildman–Crippen MR) is 87.2 cm³/mol. The molecule has 2 aromatic rings. The Labute approximate surface area is 138 Å². The molecule has 0 spiro atoms. The molecular formula is C17H18N2O3S. The normalized spacial score (nSPS) is 25.5. The maximum absolute atomic E-state index is 11.8. The number of ether oxygens (including phenoxy) is 2. The van der Waals surface area contributed by atoms with Gasteiger partial charge in [-0.05, 0) is 0 Å². The van der Waals surface area contributed by atoms with Crippen LogP contribution in [0.25, 0.3) is 11.3 Å². The number of hydrogen-bond acceptors (Lipinski definition) is 6. The van der Waals surface area contributed by atoms with Crippen LogP contribution in [0.5, 0.6) is 0 Å². The molecule has 0 aliphatic carbocycles. The molecule has 0 radical (unpaired) electrons. The van der Waals surface area contributed by atoms with E-state index in [1.807, 2.05) is 18.2 Å². The molecule has 0 N–H and O–H groups in total. The molecule has 4 rings (SSSR count). The SMILES string of the molecule is O=C1OCC[C@@H]1N1CCO[C@@H](c2nc(-c3ccccc3)cs2)C1. The molecule has 1 aromatic heterocycles. The number of carbonyl (C=O) groups excluding carboxylic acids is 1. The van der Waals surface area contributed by atoms with Crippen molar-refractivity contribution in [1.82, 2.24) is 9.88 Å². The molecule has 0 unspecified atom stereocenters. The van der Waals surface area contributed by atoms with E-state index in [0.29, 0.717) is 19.8 Å². The van der Waals surface area contributed by atoms with Crippen LogP contribution in [-0.4, -0.2) is 48.2 Å². The molecule has 23 heavy (non-hydrogen) atoms. The Bertz CT molecular complexity index is 688. The quantitative estimate of drug-likeness (QED) is 0.810. The molecule has 2 atom stereocenters. The first kappa shape index (κ1) is 14.8. The number of esters is 1. The number of cyclic esters (lactones) is 1. The summed E-state index contributed by atoms with van der Waals surface area (Å²) in [4.78, 5) is 18.7. The molecule has 5 nitrogen and oxygen atoms in total. The third-order valence-electron chi connectivity index (χ3n) is 4.31. The summed E-state index contributed by atoms with van der Waals surface area (Å²) >= 11 is 1.62. The zero-order valence-electron chi connectivity index (χ0n) is 12.7. The second kappa shape index (κ2) is 6.39. The number of rotatable bonds is 3. The fourth-order valence-electron chi connectivity index (χ4n) is 3.10. The van der Waals surface area contributed by atoms with Gasteiger partial charge < -0.3 is 9.47 Å². The first-order chi connectivity index (χ1) is 11.3. The van der Waals surface area contributed by atoms with E-state index in [-0.39, 0.29) is 18.1 Å². The van der Waals surface area contributed by atoms with Crippen LogP contribution >= 0.6 is 11.3 Å². The van der Waals surface area contributed by atoms with Crippen LogP contribution in [0.15, 0.2) is 35.7 Å². The Morgan fingerprint density at radius 2 is 2.09 bits per heavy atom. The summed E-state index contributed by atoms with van der Waals surface area (Å²) in [6.07, 6.45) is 0.707. The summed E-state index contributed by atoms with van der Waals surface area (Å²) in [6.45, 7) is 2.62. The van der Waals surface area contributed by atoms with Gasteiger partial charge in [0.05, 0.1) is 18.9 Å². The molecule has 3 heterocycles. The molecule has 120 valence electrons. The van der Waals surface area contributed by atoms with Gasteiger partial charge in [-0.1, -0.05) is 30.3 Å². The summed E-state index contributed by atoms with van der Waals surface area (Å²) in [5.41, 5.74) is 2.09. The van der Waals surface area contributed by atoms with Crippen LogP contribution in [0.3, 0.4) is 0 Å². The highest BCUT2D eigenvalue weighted by Gasteiger charge is 2.36. The van der Waals surface area contributed by atoms with Gasteiger partial charge in [-0.25, -0.2) is 4.98 Å². The molecule has 0 amide bonds. The highest BCUT2D eigenvalue weighted by atomic mass is 32.1. The van der Waals surface area contributed by atoms with Gasteiger partial charge in [0.1, 0.15) is 17.2 Å². The van der Waals surface area contributed by atoms with E-state index in [9.17, 15) is 4.79 Å². The topological polar surface area (TPSA) is 51.7 Å². The molecule has 6 heteroatoms. The third-order valence-corrected chi connectivity index (χ3v) is 5.25. The van der Waals surface area contributed by atoms with Crippen LogP contribution in [0.4, 0.5) is 0 Å². The third kappa shape index (κ3) is 3.02. The molecule has 2 fully saturated rings. The molecule has 2 aliphatic heterocycles. The lowest BCUT2D eigenvalue weighted by Crippen LogP contribution is -2.46. The van der Waals surface area contributed by atoms with Crippen molar-refractivity contribution in [3.05, 3.63) is 40.7 Å². The molecular weight excluding hydrogens is 312 g/mol. The van der Waals surface area contributed by atoms with E-state index < -0.39 is 0 Å². The van der Waals surface area contributed by atoms with E-state index >= 15 is 0 Å². The van der Waals surface area contributed by atoms with Gasteiger partial charge >= 0.3 is 5.97 Å². The van der Waals surface area contributed by atoms with E-state index in [1.54, 1.807) is 11.3 Å². The highest BCUT2D eigenvalue weighted by molar-refractivity contribution is 7.10. The minimum atomic E-state index is -0.116. The Balaban J connectivity index is 1.50. The van der Waals surface area contributed by atoms with Crippen molar-refractivity contribution in [3.63, 3.8) is 0 Å². The monoisotopic (exact) mass is 330 g/mol. The molecule has 0 bridgehead atoms. The minimum absolute atomic E-state index is 0.0698. The Kier molecular flexibility index (Phi) is 4.11. The van der Waals surface area contributed by atoms with Crippen molar-refractivity contribution in [2.45, 2.75) is 18.6 Å². The highest BCUT2D eigenvalue weighted by Crippen LogP contribution is 2.30. The smallest absolute Gasteiger partial charge is 0.323 e. The largest absolute Gasteiger partial charge is 0.464 e. The second-order valence-electron chi connectivity index (χ2n) is 5.76. The number of hydrogen-bond donors (Lipinski definition) is 0. The number of nitrogens with zero attached hydrogens (tertiary/aromatic N) is 2. The predicted octanol–water partition coefficient (Wildman–Crippen LogP) is 2.50. The van der Waals surface area contributed by atoms with Crippen molar-refractivity contribution in [3.8, 4) is 11.3 Å². The van der Waals surface area contributed by atoms with Gasteiger partial charge in [0.2, 0.25) is 0 Å². The van der Waals surface area contributed by atoms with Gasteiger partial charge in [0.15, 0.2) is 0 Å². The van der Waals surface area contributed by atoms with Crippen molar-refractivity contribution in [2.24, 2.45) is 0 Å². The summed E-state index contributed by atoms with van der Waals surface area (Å²) in [5.74, 6) is -0.102. The molecule has 2 aliphatic rings. The van der Waals surface area contributed by atoms with E-state index in [0.717, 1.165) is 29.2 Å². The fourth-order valence-corrected chi connectivity index (χ4v) is 3.96. The first-order valence-electron chi connectivity index (χ1n) is 7.84. The average Bonchev–Trinajstić information content (AvgIpc) is 3.25. The maximum Gasteiger partial charge on any atom is 0.323 e. The second-order valence-corrected chi connectivity index (χ2v) is 6.65. The number of morpholine rings is 1. The van der Waals surface area contributed by atoms with Crippen molar-refractivity contribution in [2.75, 3.05) is 26.3 Å². The molecule has 1 aromatic carbocycles. The van der Waals surface area contributed by atoms with Crippen molar-refractivity contribution >= 4 is 17.3 Å². The minimum Gasteiger partial charge on any atom is -0.464 e. The first-order valence-corrected chi connectivity index (χ1v) is 8.72. The van der Waals surface area contributed by atoms with Gasteiger partial charge in [-0.3, -0.25) is 9.69 Å². The lowest BCUT2D eigenvalue weighted by Gasteiger charge is -2.34. The van der Waals surface area contributed by atoms with Gasteiger partial charge in [0.25, 0.3) is 0 Å². The summed E-state index contributed by atoms with van der Waals surface area (Å²) in [5, 5.41) is 3.04. The van der Waals surface area contributed by atoms with Crippen molar-refractivity contribution in [1.29, 1.82) is 0 Å². The zero-order valence-corrected chi connectivity index (χ0v) is 13.5. The number of thiazole rings is 1. The molecule has 0 saturated carbocycles. The van der Waals surface area contributed by atoms with Gasteiger partial charge in [0, 0.05) is 30.5 Å². The maximum atomic E-state index is 11.8. The summed E-state index contributed by atoms with van der Waals surface area (Å²) in [7, 11) is 0.